The number of amides is 4. The van der Waals surface area contributed by atoms with Crippen LogP contribution in [0.25, 0.3) is 10.2 Å². The first-order valence-electron chi connectivity index (χ1n) is 14.6. The van der Waals surface area contributed by atoms with Gasteiger partial charge in [-0.15, -0.1) is 11.3 Å². The van der Waals surface area contributed by atoms with Crippen molar-refractivity contribution >= 4 is 56.5 Å². The van der Waals surface area contributed by atoms with E-state index in [9.17, 15) is 14.4 Å². The topological polar surface area (TPSA) is 113 Å². The van der Waals surface area contributed by atoms with Crippen LogP contribution in [0.4, 0.5) is 21.9 Å². The highest BCUT2D eigenvalue weighted by molar-refractivity contribution is 7.21. The van der Waals surface area contributed by atoms with Crippen molar-refractivity contribution < 1.29 is 23.9 Å². The van der Waals surface area contributed by atoms with Crippen molar-refractivity contribution in [2.75, 3.05) is 30.4 Å². The van der Waals surface area contributed by atoms with Crippen LogP contribution in [0.5, 0.6) is 11.5 Å². The molecule has 1 fully saturated rings. The molecule has 0 bridgehead atoms. The Balaban J connectivity index is 1.23. The number of rotatable bonds is 8. The van der Waals surface area contributed by atoms with Gasteiger partial charge in [0.2, 0.25) is 5.91 Å². The average Bonchev–Trinajstić information content (AvgIpc) is 3.38. The van der Waals surface area contributed by atoms with Gasteiger partial charge in [0.05, 0.1) is 34.5 Å². The molecule has 10 nitrogen and oxygen atoms in total. The number of aromatic nitrogens is 1. The SMILES string of the molecule is COC(C)(C)CC(=O)N1CCCC(NC(=O)c2sc3nccc4c3c2NC(=O)N4c2ccc(Oc3ccccc3)cc2C)C1. The van der Waals surface area contributed by atoms with Crippen LogP contribution < -0.4 is 20.3 Å². The minimum Gasteiger partial charge on any atom is -0.457 e. The second kappa shape index (κ2) is 11.9. The summed E-state index contributed by atoms with van der Waals surface area (Å²) in [5, 5.41) is 6.79. The number of hydrogen-bond acceptors (Lipinski definition) is 7. The first kappa shape index (κ1) is 29.6. The molecule has 4 aromatic rings. The van der Waals surface area contributed by atoms with Crippen molar-refractivity contribution in [2.24, 2.45) is 0 Å². The van der Waals surface area contributed by atoms with E-state index in [2.05, 4.69) is 15.6 Å². The van der Waals surface area contributed by atoms with Crippen LogP contribution >= 0.6 is 11.3 Å². The summed E-state index contributed by atoms with van der Waals surface area (Å²) in [6.45, 7) is 6.77. The fourth-order valence-corrected chi connectivity index (χ4v) is 6.69. The van der Waals surface area contributed by atoms with Crippen molar-refractivity contribution in [3.8, 4) is 11.5 Å². The molecule has 0 saturated carbocycles. The Kier molecular flexibility index (Phi) is 8.00. The van der Waals surface area contributed by atoms with Gasteiger partial charge < -0.3 is 25.0 Å². The summed E-state index contributed by atoms with van der Waals surface area (Å²) in [6.07, 6.45) is 3.47. The first-order chi connectivity index (χ1) is 21.1. The summed E-state index contributed by atoms with van der Waals surface area (Å²) < 4.78 is 11.4. The third-order valence-electron chi connectivity index (χ3n) is 8.08. The zero-order valence-electron chi connectivity index (χ0n) is 25.2. The highest BCUT2D eigenvalue weighted by Gasteiger charge is 2.35. The Morgan fingerprint density at radius 3 is 2.66 bits per heavy atom. The minimum atomic E-state index is -0.555. The molecule has 1 unspecified atom stereocenters. The van der Waals surface area contributed by atoms with Crippen LogP contribution in [0.15, 0.2) is 60.8 Å². The molecule has 228 valence electrons. The number of anilines is 3. The van der Waals surface area contributed by atoms with E-state index >= 15 is 0 Å². The number of aryl methyl sites for hydroxylation is 1. The van der Waals surface area contributed by atoms with Gasteiger partial charge in [0, 0.05) is 32.4 Å². The number of para-hydroxylation sites is 1. The number of ether oxygens (including phenoxy) is 2. The lowest BCUT2D eigenvalue weighted by molar-refractivity contribution is -0.137. The Morgan fingerprint density at radius 1 is 1.11 bits per heavy atom. The Labute approximate surface area is 260 Å². The van der Waals surface area contributed by atoms with E-state index in [0.717, 1.165) is 24.2 Å². The number of likely N-dealkylation sites (tertiary alicyclic amines) is 1. The number of carbonyl (C=O) groups is 3. The third-order valence-corrected chi connectivity index (χ3v) is 9.18. The lowest BCUT2D eigenvalue weighted by atomic mass is 10.0. The number of benzene rings is 2. The van der Waals surface area contributed by atoms with Gasteiger partial charge >= 0.3 is 6.03 Å². The molecule has 4 heterocycles. The lowest BCUT2D eigenvalue weighted by Gasteiger charge is -2.35. The molecule has 0 radical (unpaired) electrons. The number of urea groups is 1. The Bertz CT molecular complexity index is 1740. The average molecular weight is 614 g/mol. The number of carbonyl (C=O) groups excluding carboxylic acids is 3. The van der Waals surface area contributed by atoms with Crippen molar-refractivity contribution in [1.29, 1.82) is 0 Å². The molecular formula is C33H35N5O5S. The van der Waals surface area contributed by atoms with Crippen LogP contribution in [0.1, 0.15) is 48.3 Å². The van der Waals surface area contributed by atoms with Crippen LogP contribution in [0.3, 0.4) is 0 Å². The molecule has 2 aliphatic rings. The number of piperidine rings is 1. The number of thiophene rings is 1. The standard InChI is InChI=1S/C33H35N5O5S/c1-20-17-23(43-22-10-6-5-7-11-22)12-13-24(20)38-25-14-15-34-31-27(25)28(36-32(38)41)29(44-31)30(40)35-21-9-8-16-37(19-21)26(39)18-33(2,3)42-4/h5-7,10-15,17,21H,8-9,16,18-19H2,1-4H3,(H,35,40)(H,36,41). The largest absolute Gasteiger partial charge is 0.457 e. The summed E-state index contributed by atoms with van der Waals surface area (Å²) in [7, 11) is 1.60. The highest BCUT2D eigenvalue weighted by Crippen LogP contribution is 2.46. The number of nitrogens with one attached hydrogen (secondary N) is 2. The molecule has 2 N–H and O–H groups in total. The predicted octanol–water partition coefficient (Wildman–Crippen LogP) is 6.62. The molecule has 1 atom stereocenters. The van der Waals surface area contributed by atoms with E-state index in [1.165, 1.54) is 11.3 Å². The van der Waals surface area contributed by atoms with Gasteiger partial charge in [0.1, 0.15) is 21.2 Å². The molecule has 2 aromatic heterocycles. The van der Waals surface area contributed by atoms with Crippen LogP contribution in [-0.4, -0.2) is 59.6 Å². The van der Waals surface area contributed by atoms with Gasteiger partial charge in [-0.3, -0.25) is 14.5 Å². The number of methoxy groups -OCH3 is 1. The van der Waals surface area contributed by atoms with Crippen molar-refractivity contribution in [2.45, 2.75) is 51.7 Å². The third kappa shape index (κ3) is 5.85. The molecule has 0 aliphatic carbocycles. The van der Waals surface area contributed by atoms with Gasteiger partial charge in [-0.05, 0) is 75.6 Å². The molecule has 2 aliphatic heterocycles. The number of pyridine rings is 1. The summed E-state index contributed by atoms with van der Waals surface area (Å²) >= 11 is 1.24. The van der Waals surface area contributed by atoms with E-state index in [0.29, 0.717) is 51.0 Å². The van der Waals surface area contributed by atoms with E-state index in [4.69, 9.17) is 9.47 Å². The van der Waals surface area contributed by atoms with Gasteiger partial charge in [0.15, 0.2) is 0 Å². The molecule has 6 rings (SSSR count). The monoisotopic (exact) mass is 613 g/mol. The summed E-state index contributed by atoms with van der Waals surface area (Å²) in [4.78, 5) is 49.1. The van der Waals surface area contributed by atoms with Crippen molar-refractivity contribution in [1.82, 2.24) is 15.2 Å². The van der Waals surface area contributed by atoms with E-state index in [-0.39, 0.29) is 30.3 Å². The molecule has 2 aromatic carbocycles. The second-order valence-corrected chi connectivity index (χ2v) is 12.7. The fourth-order valence-electron chi connectivity index (χ4n) is 5.67. The molecule has 44 heavy (non-hydrogen) atoms. The van der Waals surface area contributed by atoms with E-state index in [1.54, 1.807) is 29.2 Å². The molecule has 1 saturated heterocycles. The molecule has 0 spiro atoms. The quantitative estimate of drug-likeness (QED) is 0.231. The maximum Gasteiger partial charge on any atom is 0.331 e. The van der Waals surface area contributed by atoms with Crippen molar-refractivity contribution in [3.05, 3.63) is 71.2 Å². The van der Waals surface area contributed by atoms with Crippen LogP contribution in [0.2, 0.25) is 0 Å². The minimum absolute atomic E-state index is 0.00362. The second-order valence-electron chi connectivity index (χ2n) is 11.7. The fraction of sp³-hybridized carbons (Fsp3) is 0.333. The summed E-state index contributed by atoms with van der Waals surface area (Å²) in [5.74, 6) is 1.10. The van der Waals surface area contributed by atoms with Crippen molar-refractivity contribution in [3.63, 3.8) is 0 Å². The zero-order valence-corrected chi connectivity index (χ0v) is 26.0. The lowest BCUT2D eigenvalue weighted by Crippen LogP contribution is -2.50. The molecule has 11 heteroatoms. The van der Waals surface area contributed by atoms with Gasteiger partial charge in [-0.1, -0.05) is 18.2 Å². The predicted molar refractivity (Wildman–Crippen MR) is 171 cm³/mol. The number of nitrogens with zero attached hydrogens (tertiary/aromatic N) is 3. The van der Waals surface area contributed by atoms with Gasteiger partial charge in [-0.2, -0.15) is 0 Å². The first-order valence-corrected chi connectivity index (χ1v) is 15.4. The van der Waals surface area contributed by atoms with Crippen LogP contribution in [-0.2, 0) is 9.53 Å². The summed E-state index contributed by atoms with van der Waals surface area (Å²) in [5.41, 5.74) is 2.10. The smallest absolute Gasteiger partial charge is 0.331 e. The van der Waals surface area contributed by atoms with E-state index < -0.39 is 5.60 Å². The maximum atomic E-state index is 13.6. The Morgan fingerprint density at radius 2 is 1.91 bits per heavy atom. The van der Waals surface area contributed by atoms with E-state index in [1.807, 2.05) is 69.3 Å². The number of hydrogen-bond donors (Lipinski definition) is 2. The van der Waals surface area contributed by atoms with Crippen LogP contribution in [0, 0.1) is 6.92 Å². The molecule has 4 amide bonds. The highest BCUT2D eigenvalue weighted by atomic mass is 32.1. The van der Waals surface area contributed by atoms with Gasteiger partial charge in [-0.25, -0.2) is 9.78 Å². The maximum absolute atomic E-state index is 13.6. The normalized spacial score (nSPS) is 16.5. The zero-order chi connectivity index (χ0) is 31.0. The molecular weight excluding hydrogens is 578 g/mol. The Hall–Kier alpha value is -4.48. The summed E-state index contributed by atoms with van der Waals surface area (Å²) in [6, 6.07) is 16.3. The van der Waals surface area contributed by atoms with Gasteiger partial charge in [0.25, 0.3) is 5.91 Å².